The summed E-state index contributed by atoms with van der Waals surface area (Å²) in [7, 11) is 0. The highest BCUT2D eigenvalue weighted by Gasteiger charge is 2.03. The van der Waals surface area contributed by atoms with Gasteiger partial charge in [-0.15, -0.1) is 0 Å². The standard InChI is InChI=1S/C16H17N5/c1-13-9-17-8-7-14(13)10-18-11-15-12-19-21(20-15)16-5-3-2-4-6-16/h2-9,12,18H,10-11H2,1H3. The van der Waals surface area contributed by atoms with E-state index in [1.807, 2.05) is 48.8 Å². The number of rotatable bonds is 5. The number of para-hydroxylation sites is 1. The minimum Gasteiger partial charge on any atom is -0.307 e. The number of nitrogens with one attached hydrogen (secondary N) is 1. The molecule has 2 heterocycles. The summed E-state index contributed by atoms with van der Waals surface area (Å²) in [4.78, 5) is 5.74. The molecule has 3 aromatic rings. The Balaban J connectivity index is 1.60. The maximum atomic E-state index is 4.46. The number of hydrogen-bond acceptors (Lipinski definition) is 4. The van der Waals surface area contributed by atoms with Crippen LogP contribution < -0.4 is 5.32 Å². The Morgan fingerprint density at radius 2 is 1.90 bits per heavy atom. The largest absolute Gasteiger partial charge is 0.307 e. The topological polar surface area (TPSA) is 55.6 Å². The van der Waals surface area contributed by atoms with E-state index in [0.29, 0.717) is 6.54 Å². The molecule has 0 bridgehead atoms. The van der Waals surface area contributed by atoms with Gasteiger partial charge in [0.25, 0.3) is 0 Å². The first kappa shape index (κ1) is 13.5. The minimum absolute atomic E-state index is 0.689. The zero-order valence-electron chi connectivity index (χ0n) is 11.9. The summed E-state index contributed by atoms with van der Waals surface area (Å²) in [6.07, 6.45) is 5.48. The van der Waals surface area contributed by atoms with E-state index >= 15 is 0 Å². The third-order valence-electron chi connectivity index (χ3n) is 3.28. The average Bonchev–Trinajstić information content (AvgIpc) is 2.99. The molecule has 0 saturated heterocycles. The highest BCUT2D eigenvalue weighted by molar-refractivity contribution is 5.28. The third-order valence-corrected chi connectivity index (χ3v) is 3.28. The number of aromatic nitrogens is 4. The number of aryl methyl sites for hydroxylation is 1. The third kappa shape index (κ3) is 3.32. The monoisotopic (exact) mass is 279 g/mol. The van der Waals surface area contributed by atoms with Gasteiger partial charge in [0.1, 0.15) is 0 Å². The van der Waals surface area contributed by atoms with Crippen LogP contribution in [0.1, 0.15) is 16.8 Å². The first-order valence-electron chi connectivity index (χ1n) is 6.90. The fraction of sp³-hybridized carbons (Fsp3) is 0.188. The normalized spacial score (nSPS) is 10.7. The van der Waals surface area contributed by atoms with Crippen LogP contribution in [0.3, 0.4) is 0 Å². The van der Waals surface area contributed by atoms with E-state index in [9.17, 15) is 0 Å². The van der Waals surface area contributed by atoms with Gasteiger partial charge < -0.3 is 5.32 Å². The van der Waals surface area contributed by atoms with Crippen molar-refractivity contribution in [1.82, 2.24) is 25.3 Å². The molecule has 106 valence electrons. The highest BCUT2D eigenvalue weighted by atomic mass is 15.5. The van der Waals surface area contributed by atoms with Crippen molar-refractivity contribution in [2.45, 2.75) is 20.0 Å². The second-order valence-electron chi connectivity index (χ2n) is 4.87. The molecule has 5 heteroatoms. The van der Waals surface area contributed by atoms with Crippen molar-refractivity contribution in [3.05, 3.63) is 71.8 Å². The van der Waals surface area contributed by atoms with E-state index in [0.717, 1.165) is 17.9 Å². The van der Waals surface area contributed by atoms with E-state index < -0.39 is 0 Å². The van der Waals surface area contributed by atoms with Crippen molar-refractivity contribution in [3.63, 3.8) is 0 Å². The summed E-state index contributed by atoms with van der Waals surface area (Å²) in [6.45, 7) is 3.55. The Bertz CT molecular complexity index is 705. The van der Waals surface area contributed by atoms with Crippen molar-refractivity contribution in [1.29, 1.82) is 0 Å². The van der Waals surface area contributed by atoms with Crippen molar-refractivity contribution >= 4 is 0 Å². The second-order valence-corrected chi connectivity index (χ2v) is 4.87. The molecule has 1 aromatic carbocycles. The molecule has 0 saturated carbocycles. The van der Waals surface area contributed by atoms with Gasteiger partial charge >= 0.3 is 0 Å². The van der Waals surface area contributed by atoms with Crippen LogP contribution in [-0.2, 0) is 13.1 Å². The molecule has 0 spiro atoms. The fourth-order valence-electron chi connectivity index (χ4n) is 2.09. The lowest BCUT2D eigenvalue weighted by Gasteiger charge is -2.05. The average molecular weight is 279 g/mol. The zero-order valence-corrected chi connectivity index (χ0v) is 11.9. The van der Waals surface area contributed by atoms with Gasteiger partial charge in [-0.05, 0) is 36.2 Å². The molecule has 1 N–H and O–H groups in total. The predicted molar refractivity (Wildman–Crippen MR) is 80.9 cm³/mol. The van der Waals surface area contributed by atoms with Crippen molar-refractivity contribution in [2.75, 3.05) is 0 Å². The van der Waals surface area contributed by atoms with E-state index in [-0.39, 0.29) is 0 Å². The van der Waals surface area contributed by atoms with E-state index in [1.54, 1.807) is 11.0 Å². The predicted octanol–water partition coefficient (Wildman–Crippen LogP) is 2.26. The van der Waals surface area contributed by atoms with Crippen LogP contribution in [0.15, 0.2) is 55.0 Å². The van der Waals surface area contributed by atoms with Gasteiger partial charge in [0, 0.05) is 25.5 Å². The Kier molecular flexibility index (Phi) is 4.02. The Labute approximate surface area is 123 Å². The lowest BCUT2D eigenvalue weighted by atomic mass is 10.1. The Hall–Kier alpha value is -2.53. The molecule has 3 rings (SSSR count). The lowest BCUT2D eigenvalue weighted by Crippen LogP contribution is -2.14. The molecule has 21 heavy (non-hydrogen) atoms. The first-order chi connectivity index (χ1) is 10.3. The molecule has 0 unspecified atom stereocenters. The van der Waals surface area contributed by atoms with Gasteiger partial charge in [-0.25, -0.2) is 0 Å². The summed E-state index contributed by atoms with van der Waals surface area (Å²) >= 11 is 0. The number of benzene rings is 1. The molecular weight excluding hydrogens is 262 g/mol. The van der Waals surface area contributed by atoms with Crippen LogP contribution in [0.2, 0.25) is 0 Å². The van der Waals surface area contributed by atoms with Crippen LogP contribution >= 0.6 is 0 Å². The zero-order chi connectivity index (χ0) is 14.5. The Morgan fingerprint density at radius 1 is 1.05 bits per heavy atom. The fourth-order valence-corrected chi connectivity index (χ4v) is 2.09. The Morgan fingerprint density at radius 3 is 2.71 bits per heavy atom. The first-order valence-corrected chi connectivity index (χ1v) is 6.90. The molecule has 0 aliphatic carbocycles. The maximum absolute atomic E-state index is 4.46. The molecule has 0 atom stereocenters. The highest BCUT2D eigenvalue weighted by Crippen LogP contribution is 2.06. The van der Waals surface area contributed by atoms with Gasteiger partial charge in [0.2, 0.25) is 0 Å². The van der Waals surface area contributed by atoms with Gasteiger partial charge in [0.15, 0.2) is 0 Å². The van der Waals surface area contributed by atoms with Gasteiger partial charge in [-0.3, -0.25) is 4.98 Å². The van der Waals surface area contributed by atoms with Crippen molar-refractivity contribution in [3.8, 4) is 5.69 Å². The quantitative estimate of drug-likeness (QED) is 0.778. The van der Waals surface area contributed by atoms with Crippen LogP contribution in [-0.4, -0.2) is 20.0 Å². The SMILES string of the molecule is Cc1cnccc1CNCc1cnn(-c2ccccc2)n1. The molecule has 5 nitrogen and oxygen atoms in total. The summed E-state index contributed by atoms with van der Waals surface area (Å²) < 4.78 is 0. The van der Waals surface area contributed by atoms with Gasteiger partial charge in [0.05, 0.1) is 17.6 Å². The molecule has 0 aliphatic rings. The van der Waals surface area contributed by atoms with Crippen LogP contribution in [0, 0.1) is 6.92 Å². The van der Waals surface area contributed by atoms with Crippen LogP contribution in [0.25, 0.3) is 5.69 Å². The second kappa shape index (κ2) is 6.28. The van der Waals surface area contributed by atoms with E-state index in [1.165, 1.54) is 11.1 Å². The van der Waals surface area contributed by atoms with Gasteiger partial charge in [-0.2, -0.15) is 15.0 Å². The van der Waals surface area contributed by atoms with Crippen LogP contribution in [0.4, 0.5) is 0 Å². The van der Waals surface area contributed by atoms with Crippen molar-refractivity contribution < 1.29 is 0 Å². The van der Waals surface area contributed by atoms with E-state index in [4.69, 9.17) is 0 Å². The number of hydrogen-bond donors (Lipinski definition) is 1. The molecule has 0 aliphatic heterocycles. The summed E-state index contributed by atoms with van der Waals surface area (Å²) in [5.41, 5.74) is 4.33. The smallest absolute Gasteiger partial charge is 0.0969 e. The lowest BCUT2D eigenvalue weighted by molar-refractivity contribution is 0.660. The number of nitrogens with zero attached hydrogens (tertiary/aromatic N) is 4. The number of pyridine rings is 1. The minimum atomic E-state index is 0.689. The molecule has 0 radical (unpaired) electrons. The molecular formula is C16H17N5. The molecule has 0 amide bonds. The van der Waals surface area contributed by atoms with E-state index in [2.05, 4.69) is 27.4 Å². The van der Waals surface area contributed by atoms with Gasteiger partial charge in [-0.1, -0.05) is 18.2 Å². The molecule has 0 fully saturated rings. The summed E-state index contributed by atoms with van der Waals surface area (Å²) in [5.74, 6) is 0. The maximum Gasteiger partial charge on any atom is 0.0969 e. The summed E-state index contributed by atoms with van der Waals surface area (Å²) in [6, 6.07) is 11.9. The van der Waals surface area contributed by atoms with Crippen molar-refractivity contribution in [2.24, 2.45) is 0 Å². The van der Waals surface area contributed by atoms with Crippen LogP contribution in [0.5, 0.6) is 0 Å². The molecule has 2 aromatic heterocycles. The summed E-state index contributed by atoms with van der Waals surface area (Å²) in [5, 5.41) is 12.1.